The number of hydrogen-bond acceptors (Lipinski definition) is 3. The van der Waals surface area contributed by atoms with Gasteiger partial charge in [-0.3, -0.25) is 14.5 Å². The van der Waals surface area contributed by atoms with Crippen molar-refractivity contribution in [3.05, 3.63) is 105 Å². The molecule has 0 aliphatic heterocycles. The van der Waals surface area contributed by atoms with E-state index in [4.69, 9.17) is 12.2 Å². The van der Waals surface area contributed by atoms with Crippen LogP contribution >= 0.6 is 12.2 Å². The monoisotopic (exact) mass is 466 g/mol. The standard InChI is InChI=1S/C28H26N4OS/c1-17-10-12-18(13-11-17)27-30-31-28(34)32(27)16-25(33)29-15-19-14-24-20-6-2-4-8-22(20)26(19)23-9-5-3-7-21(23)24/h2-13,19,24,26H,14-16H2,1H3,(H,29,33)(H,31,34). The highest BCUT2D eigenvalue weighted by Gasteiger charge is 2.42. The number of hydrogen-bond donors (Lipinski definition) is 2. The van der Waals surface area contributed by atoms with Gasteiger partial charge in [-0.1, -0.05) is 78.4 Å². The molecular formula is C28H26N4OS. The summed E-state index contributed by atoms with van der Waals surface area (Å²) in [6, 6.07) is 25.7. The molecule has 1 aromatic heterocycles. The minimum absolute atomic E-state index is 0.0473. The number of aromatic amines is 1. The van der Waals surface area contributed by atoms with Gasteiger partial charge in [-0.15, -0.1) is 0 Å². The van der Waals surface area contributed by atoms with Gasteiger partial charge in [-0.25, -0.2) is 0 Å². The van der Waals surface area contributed by atoms with Crippen LogP contribution in [0.3, 0.4) is 0 Å². The normalized spacial score (nSPS) is 20.0. The lowest BCUT2D eigenvalue weighted by Gasteiger charge is -2.45. The average molecular weight is 467 g/mol. The average Bonchev–Trinajstić information content (AvgIpc) is 3.23. The van der Waals surface area contributed by atoms with Crippen molar-refractivity contribution in [3.8, 4) is 11.4 Å². The third-order valence-electron chi connectivity index (χ3n) is 7.35. The van der Waals surface area contributed by atoms with E-state index in [1.807, 2.05) is 31.2 Å². The van der Waals surface area contributed by atoms with Crippen LogP contribution in [0.1, 0.15) is 46.1 Å². The maximum Gasteiger partial charge on any atom is 0.240 e. The predicted octanol–water partition coefficient (Wildman–Crippen LogP) is 5.33. The van der Waals surface area contributed by atoms with Gasteiger partial charge in [0.05, 0.1) is 0 Å². The summed E-state index contributed by atoms with van der Waals surface area (Å²) < 4.78 is 2.22. The number of carbonyl (C=O) groups excluding carboxylic acids is 1. The van der Waals surface area contributed by atoms with Crippen molar-refractivity contribution >= 4 is 18.1 Å². The van der Waals surface area contributed by atoms with Crippen LogP contribution in [0.15, 0.2) is 72.8 Å². The van der Waals surface area contributed by atoms with Crippen molar-refractivity contribution in [3.63, 3.8) is 0 Å². The highest BCUT2D eigenvalue weighted by Crippen LogP contribution is 2.55. The van der Waals surface area contributed by atoms with E-state index >= 15 is 0 Å². The fourth-order valence-corrected chi connectivity index (χ4v) is 5.99. The summed E-state index contributed by atoms with van der Waals surface area (Å²) in [5, 5.41) is 10.4. The first-order valence-corrected chi connectivity index (χ1v) is 12.2. The molecule has 0 saturated carbocycles. The highest BCUT2D eigenvalue weighted by molar-refractivity contribution is 7.71. The molecule has 34 heavy (non-hydrogen) atoms. The van der Waals surface area contributed by atoms with Gasteiger partial charge < -0.3 is 5.32 Å². The fourth-order valence-electron chi connectivity index (χ4n) is 5.79. The Bertz CT molecular complexity index is 1390. The lowest BCUT2D eigenvalue weighted by molar-refractivity contribution is -0.121. The Morgan fingerprint density at radius 2 is 1.62 bits per heavy atom. The molecule has 4 aromatic rings. The van der Waals surface area contributed by atoms with Gasteiger partial charge in [0.1, 0.15) is 6.54 Å². The smallest absolute Gasteiger partial charge is 0.240 e. The Kier molecular flexibility index (Phi) is 5.18. The Balaban J connectivity index is 1.21. The first kappa shape index (κ1) is 21.1. The van der Waals surface area contributed by atoms with Crippen molar-refractivity contribution < 1.29 is 4.79 Å². The van der Waals surface area contributed by atoms with Crippen LogP contribution in [0.2, 0.25) is 0 Å². The van der Waals surface area contributed by atoms with E-state index in [2.05, 4.69) is 64.0 Å². The zero-order chi connectivity index (χ0) is 23.2. The van der Waals surface area contributed by atoms with Crippen molar-refractivity contribution in [1.82, 2.24) is 20.1 Å². The van der Waals surface area contributed by atoms with Crippen LogP contribution < -0.4 is 5.32 Å². The lowest BCUT2D eigenvalue weighted by atomic mass is 9.59. The van der Waals surface area contributed by atoms with E-state index in [9.17, 15) is 4.79 Å². The Labute approximate surface area is 203 Å². The van der Waals surface area contributed by atoms with Crippen LogP contribution in [-0.2, 0) is 11.3 Å². The Morgan fingerprint density at radius 3 is 2.26 bits per heavy atom. The summed E-state index contributed by atoms with van der Waals surface area (Å²) in [6.45, 7) is 2.84. The second-order valence-corrected chi connectivity index (χ2v) is 9.78. The molecule has 1 atom stereocenters. The first-order chi connectivity index (χ1) is 16.6. The van der Waals surface area contributed by atoms with Gasteiger partial charge in [-0.2, -0.15) is 5.10 Å². The molecule has 5 nitrogen and oxygen atoms in total. The number of aromatic nitrogens is 3. The summed E-state index contributed by atoms with van der Waals surface area (Å²) in [5.74, 6) is 1.72. The molecule has 0 spiro atoms. The summed E-state index contributed by atoms with van der Waals surface area (Å²) in [6.07, 6.45) is 1.05. The molecule has 3 aliphatic carbocycles. The zero-order valence-electron chi connectivity index (χ0n) is 19.0. The number of benzene rings is 3. The number of carbonyl (C=O) groups is 1. The maximum absolute atomic E-state index is 13.0. The summed E-state index contributed by atoms with van der Waals surface area (Å²) >= 11 is 5.42. The summed E-state index contributed by atoms with van der Waals surface area (Å²) in [5.41, 5.74) is 7.82. The largest absolute Gasteiger partial charge is 0.354 e. The maximum atomic E-state index is 13.0. The Morgan fingerprint density at radius 1 is 1.00 bits per heavy atom. The number of nitrogens with zero attached hydrogens (tertiary/aromatic N) is 2. The summed E-state index contributed by atoms with van der Waals surface area (Å²) in [4.78, 5) is 13.0. The van der Waals surface area contributed by atoms with E-state index < -0.39 is 0 Å². The van der Waals surface area contributed by atoms with Gasteiger partial charge in [0.15, 0.2) is 10.6 Å². The molecule has 2 bridgehead atoms. The number of nitrogens with one attached hydrogen (secondary N) is 2. The van der Waals surface area contributed by atoms with Crippen LogP contribution in [0.25, 0.3) is 11.4 Å². The molecule has 0 radical (unpaired) electrons. The molecule has 170 valence electrons. The molecular weight excluding hydrogens is 440 g/mol. The molecule has 6 heteroatoms. The number of aryl methyl sites for hydroxylation is 1. The molecule has 1 heterocycles. The van der Waals surface area contributed by atoms with E-state index in [0.717, 1.165) is 12.0 Å². The first-order valence-electron chi connectivity index (χ1n) is 11.8. The van der Waals surface area contributed by atoms with Crippen molar-refractivity contribution in [2.45, 2.75) is 31.7 Å². The second kappa shape index (κ2) is 8.37. The third-order valence-corrected chi connectivity index (χ3v) is 7.67. The predicted molar refractivity (Wildman–Crippen MR) is 135 cm³/mol. The van der Waals surface area contributed by atoms with Crippen molar-refractivity contribution in [1.29, 1.82) is 0 Å². The molecule has 2 N–H and O–H groups in total. The number of amides is 1. The molecule has 0 fully saturated rings. The van der Waals surface area contributed by atoms with E-state index in [-0.39, 0.29) is 12.5 Å². The van der Waals surface area contributed by atoms with Gasteiger partial charge in [0.2, 0.25) is 5.91 Å². The molecule has 1 amide bonds. The Hall–Kier alpha value is -3.51. The van der Waals surface area contributed by atoms with Crippen LogP contribution in [0.5, 0.6) is 0 Å². The number of fused-ring (bicyclic) bond motifs is 1. The minimum Gasteiger partial charge on any atom is -0.354 e. The van der Waals surface area contributed by atoms with Crippen molar-refractivity contribution in [2.24, 2.45) is 5.92 Å². The van der Waals surface area contributed by atoms with E-state index in [1.54, 1.807) is 4.57 Å². The quantitative estimate of drug-likeness (QED) is 0.391. The van der Waals surface area contributed by atoms with Gasteiger partial charge >= 0.3 is 0 Å². The van der Waals surface area contributed by atoms with Crippen molar-refractivity contribution in [2.75, 3.05) is 6.54 Å². The fraction of sp³-hybridized carbons (Fsp3) is 0.250. The number of H-pyrrole nitrogens is 1. The lowest BCUT2D eigenvalue weighted by Crippen LogP contribution is -2.40. The molecule has 3 aliphatic rings. The zero-order valence-corrected chi connectivity index (χ0v) is 19.8. The third kappa shape index (κ3) is 3.49. The highest BCUT2D eigenvalue weighted by atomic mass is 32.1. The van der Waals surface area contributed by atoms with Crippen LogP contribution in [0.4, 0.5) is 0 Å². The van der Waals surface area contributed by atoms with E-state index in [0.29, 0.717) is 34.9 Å². The molecule has 3 aromatic carbocycles. The summed E-state index contributed by atoms with van der Waals surface area (Å²) in [7, 11) is 0. The molecule has 0 saturated heterocycles. The molecule has 1 unspecified atom stereocenters. The van der Waals surface area contributed by atoms with Gasteiger partial charge in [0, 0.05) is 23.9 Å². The number of rotatable bonds is 5. The molecule has 7 rings (SSSR count). The van der Waals surface area contributed by atoms with Gasteiger partial charge in [0.25, 0.3) is 0 Å². The SMILES string of the molecule is Cc1ccc(-c2n[nH]c(=S)n2CC(=O)NCC2CC3c4ccccc4C2c2ccccc23)cc1. The van der Waals surface area contributed by atoms with Crippen LogP contribution in [-0.4, -0.2) is 27.2 Å². The minimum atomic E-state index is -0.0473. The van der Waals surface area contributed by atoms with Crippen LogP contribution in [0, 0.1) is 17.6 Å². The second-order valence-electron chi connectivity index (χ2n) is 9.39. The van der Waals surface area contributed by atoms with E-state index in [1.165, 1.54) is 27.8 Å². The topological polar surface area (TPSA) is 62.7 Å². The van der Waals surface area contributed by atoms with Gasteiger partial charge in [-0.05, 0) is 53.7 Å².